The third-order valence-electron chi connectivity index (χ3n) is 5.57. The van der Waals surface area contributed by atoms with E-state index < -0.39 is 5.25 Å². The molecule has 2 amide bonds. The molecule has 1 unspecified atom stereocenters. The van der Waals surface area contributed by atoms with Crippen molar-refractivity contribution in [1.82, 2.24) is 9.88 Å². The van der Waals surface area contributed by atoms with Gasteiger partial charge in [-0.15, -0.1) is 0 Å². The molecule has 2 heterocycles. The van der Waals surface area contributed by atoms with Crippen molar-refractivity contribution in [3.8, 4) is 0 Å². The number of hydrogen-bond donors (Lipinski definition) is 1. The molecule has 1 aromatic heterocycles. The maximum atomic E-state index is 13.4. The van der Waals surface area contributed by atoms with E-state index in [1.807, 2.05) is 84.9 Å². The first kappa shape index (κ1) is 23.3. The second-order valence-corrected chi connectivity index (χ2v) is 10.0. The number of nitrogens with zero attached hydrogens (tertiary/aromatic N) is 3. The molecule has 35 heavy (non-hydrogen) atoms. The van der Waals surface area contributed by atoms with Crippen molar-refractivity contribution in [2.45, 2.75) is 18.2 Å². The van der Waals surface area contributed by atoms with Crippen molar-refractivity contribution in [3.63, 3.8) is 0 Å². The Morgan fingerprint density at radius 1 is 1.00 bits per heavy atom. The van der Waals surface area contributed by atoms with Crippen LogP contribution in [-0.4, -0.2) is 32.1 Å². The maximum absolute atomic E-state index is 13.4. The van der Waals surface area contributed by atoms with Crippen molar-refractivity contribution in [2.75, 3.05) is 5.32 Å². The summed E-state index contributed by atoms with van der Waals surface area (Å²) in [6.07, 6.45) is 1.74. The molecule has 0 bridgehead atoms. The van der Waals surface area contributed by atoms with E-state index in [0.29, 0.717) is 17.4 Å². The molecular weight excluding hydrogens is 524 g/mol. The van der Waals surface area contributed by atoms with Crippen molar-refractivity contribution in [2.24, 2.45) is 4.99 Å². The molecule has 174 valence electrons. The fourth-order valence-electron chi connectivity index (χ4n) is 3.87. The number of pyridine rings is 1. The van der Waals surface area contributed by atoms with Crippen LogP contribution in [0.15, 0.2) is 101 Å². The lowest BCUT2D eigenvalue weighted by Gasteiger charge is -2.16. The minimum atomic E-state index is -0.574. The number of halogens is 1. The Hall–Kier alpha value is -3.49. The van der Waals surface area contributed by atoms with E-state index in [1.165, 1.54) is 11.8 Å². The van der Waals surface area contributed by atoms with Gasteiger partial charge in [0, 0.05) is 22.5 Å². The predicted octanol–water partition coefficient (Wildman–Crippen LogP) is 6.16. The first-order valence-corrected chi connectivity index (χ1v) is 12.7. The van der Waals surface area contributed by atoms with Gasteiger partial charge in [-0.25, -0.2) is 4.99 Å². The van der Waals surface area contributed by atoms with Gasteiger partial charge in [-0.3, -0.25) is 19.5 Å². The van der Waals surface area contributed by atoms with Crippen LogP contribution in [0.5, 0.6) is 0 Å². The number of amides is 2. The first-order chi connectivity index (χ1) is 17.1. The SMILES string of the molecule is O=C(CC1SC(=Nc2cccc3ccccc23)N(Cc2ccccn2)C1=O)Nc1ccccc1Br. The number of benzene rings is 3. The Balaban J connectivity index is 1.43. The standard InChI is InChI=1S/C27H21BrN4O2S/c28-21-12-3-4-13-23(21)30-25(33)16-24-26(34)32(17-19-10-5-6-15-29-19)27(35-24)31-22-14-7-9-18-8-1-2-11-20(18)22/h1-15,24H,16-17H2,(H,30,33). The Morgan fingerprint density at radius 2 is 1.77 bits per heavy atom. The number of para-hydroxylation sites is 1. The number of anilines is 1. The molecule has 4 aromatic rings. The topological polar surface area (TPSA) is 74.7 Å². The number of rotatable bonds is 6. The summed E-state index contributed by atoms with van der Waals surface area (Å²) >= 11 is 4.76. The van der Waals surface area contributed by atoms with Crippen LogP contribution < -0.4 is 5.32 Å². The fourth-order valence-corrected chi connectivity index (χ4v) is 5.40. The second-order valence-electron chi connectivity index (χ2n) is 7.98. The monoisotopic (exact) mass is 544 g/mol. The molecule has 0 radical (unpaired) electrons. The molecule has 1 atom stereocenters. The minimum Gasteiger partial charge on any atom is -0.325 e. The molecule has 1 aliphatic rings. The summed E-state index contributed by atoms with van der Waals surface area (Å²) in [6, 6.07) is 26.9. The van der Waals surface area contributed by atoms with Crippen molar-refractivity contribution < 1.29 is 9.59 Å². The molecule has 6 nitrogen and oxygen atoms in total. The maximum Gasteiger partial charge on any atom is 0.243 e. The zero-order chi connectivity index (χ0) is 24.2. The van der Waals surface area contributed by atoms with Gasteiger partial charge in [-0.2, -0.15) is 0 Å². The van der Waals surface area contributed by atoms with E-state index >= 15 is 0 Å². The van der Waals surface area contributed by atoms with E-state index in [9.17, 15) is 9.59 Å². The van der Waals surface area contributed by atoms with Crippen LogP contribution in [-0.2, 0) is 16.1 Å². The lowest BCUT2D eigenvalue weighted by atomic mass is 10.1. The number of aliphatic imine (C=N–C) groups is 1. The number of nitrogens with one attached hydrogen (secondary N) is 1. The van der Waals surface area contributed by atoms with Crippen LogP contribution in [0.2, 0.25) is 0 Å². The molecule has 0 saturated carbocycles. The van der Waals surface area contributed by atoms with Gasteiger partial charge in [0.25, 0.3) is 0 Å². The lowest BCUT2D eigenvalue weighted by Crippen LogP contribution is -2.33. The Labute approximate surface area is 215 Å². The second kappa shape index (κ2) is 10.4. The van der Waals surface area contributed by atoms with Gasteiger partial charge in [0.15, 0.2) is 5.17 Å². The molecule has 1 saturated heterocycles. The zero-order valence-electron chi connectivity index (χ0n) is 18.6. The summed E-state index contributed by atoms with van der Waals surface area (Å²) in [5.74, 6) is -0.381. The number of fused-ring (bicyclic) bond motifs is 1. The fraction of sp³-hybridized carbons (Fsp3) is 0.111. The van der Waals surface area contributed by atoms with Crippen molar-refractivity contribution in [1.29, 1.82) is 0 Å². The van der Waals surface area contributed by atoms with Gasteiger partial charge >= 0.3 is 0 Å². The highest BCUT2D eigenvalue weighted by Crippen LogP contribution is 2.35. The predicted molar refractivity (Wildman–Crippen MR) is 145 cm³/mol. The summed E-state index contributed by atoms with van der Waals surface area (Å²) in [6.45, 7) is 0.290. The molecule has 0 spiro atoms. The van der Waals surface area contributed by atoms with Crippen LogP contribution in [0.25, 0.3) is 10.8 Å². The third kappa shape index (κ3) is 5.28. The Kier molecular flexibility index (Phi) is 6.92. The van der Waals surface area contributed by atoms with Gasteiger partial charge in [-0.05, 0) is 51.6 Å². The molecular formula is C27H21BrN4O2S. The summed E-state index contributed by atoms with van der Waals surface area (Å²) in [7, 11) is 0. The van der Waals surface area contributed by atoms with E-state index in [2.05, 4.69) is 26.2 Å². The van der Waals surface area contributed by atoms with Crippen LogP contribution >= 0.6 is 27.7 Å². The summed E-state index contributed by atoms with van der Waals surface area (Å²) < 4.78 is 0.786. The molecule has 5 rings (SSSR count). The number of aromatic nitrogens is 1. The number of thioether (sulfide) groups is 1. The highest BCUT2D eigenvalue weighted by atomic mass is 79.9. The van der Waals surface area contributed by atoms with Crippen LogP contribution in [0.3, 0.4) is 0 Å². The third-order valence-corrected chi connectivity index (χ3v) is 7.43. The van der Waals surface area contributed by atoms with Crippen LogP contribution in [0.1, 0.15) is 12.1 Å². The summed E-state index contributed by atoms with van der Waals surface area (Å²) in [4.78, 5) is 37.1. The summed E-state index contributed by atoms with van der Waals surface area (Å²) in [5.41, 5.74) is 2.20. The average molecular weight is 545 g/mol. The lowest BCUT2D eigenvalue weighted by molar-refractivity contribution is -0.128. The van der Waals surface area contributed by atoms with Gasteiger partial charge in [0.05, 0.1) is 23.6 Å². The number of carbonyl (C=O) groups excluding carboxylic acids is 2. The number of amidine groups is 1. The van der Waals surface area contributed by atoms with Crippen molar-refractivity contribution >= 4 is 66.8 Å². The number of hydrogen-bond acceptors (Lipinski definition) is 5. The molecule has 1 N–H and O–H groups in total. The highest BCUT2D eigenvalue weighted by molar-refractivity contribution is 9.10. The van der Waals surface area contributed by atoms with Crippen LogP contribution in [0.4, 0.5) is 11.4 Å². The van der Waals surface area contributed by atoms with Gasteiger partial charge in [-0.1, -0.05) is 66.4 Å². The first-order valence-electron chi connectivity index (χ1n) is 11.1. The smallest absolute Gasteiger partial charge is 0.243 e. The molecule has 0 aliphatic carbocycles. The molecule has 3 aromatic carbocycles. The highest BCUT2D eigenvalue weighted by Gasteiger charge is 2.39. The largest absolute Gasteiger partial charge is 0.325 e. The minimum absolute atomic E-state index is 0.0398. The normalized spacial score (nSPS) is 16.7. The Bertz CT molecular complexity index is 1420. The van der Waals surface area contributed by atoms with Gasteiger partial charge < -0.3 is 5.32 Å². The quantitative estimate of drug-likeness (QED) is 0.315. The van der Waals surface area contributed by atoms with Gasteiger partial charge in [0.1, 0.15) is 5.25 Å². The van der Waals surface area contributed by atoms with Crippen LogP contribution in [0, 0.1) is 0 Å². The van der Waals surface area contributed by atoms with E-state index in [0.717, 1.165) is 26.6 Å². The summed E-state index contributed by atoms with van der Waals surface area (Å²) in [5, 5.41) is 4.96. The van der Waals surface area contributed by atoms with E-state index in [1.54, 1.807) is 11.1 Å². The molecule has 1 fully saturated rings. The number of carbonyl (C=O) groups is 2. The Morgan fingerprint density at radius 3 is 2.60 bits per heavy atom. The van der Waals surface area contributed by atoms with E-state index in [-0.39, 0.29) is 18.2 Å². The average Bonchev–Trinajstić information content (AvgIpc) is 3.15. The van der Waals surface area contributed by atoms with Crippen molar-refractivity contribution in [3.05, 3.63) is 101 Å². The van der Waals surface area contributed by atoms with Gasteiger partial charge in [0.2, 0.25) is 11.8 Å². The molecule has 1 aliphatic heterocycles. The molecule has 8 heteroatoms. The zero-order valence-corrected chi connectivity index (χ0v) is 21.0. The van der Waals surface area contributed by atoms with E-state index in [4.69, 9.17) is 4.99 Å².